The molecule has 3 aliphatic heterocycles. The normalized spacial score (nSPS) is 34.7. The van der Waals surface area contributed by atoms with Gasteiger partial charge in [0.1, 0.15) is 11.4 Å². The second-order valence-electron chi connectivity index (χ2n) is 9.83. The number of likely N-dealkylation sites (tertiary alicyclic amines) is 1. The molecule has 0 bridgehead atoms. The van der Waals surface area contributed by atoms with Gasteiger partial charge in [0.2, 0.25) is 11.8 Å². The minimum Gasteiger partial charge on any atom is -0.356 e. The predicted molar refractivity (Wildman–Crippen MR) is 125 cm³/mol. The summed E-state index contributed by atoms with van der Waals surface area (Å²) in [5.41, 5.74) is 0.452. The molecule has 172 valence electrons. The summed E-state index contributed by atoms with van der Waals surface area (Å²) in [6.45, 7) is 3.42. The smallest absolute Gasteiger partial charge is 0.250 e. The number of piperidine rings is 1. The molecule has 0 aromatic heterocycles. The van der Waals surface area contributed by atoms with Crippen LogP contribution in [0.3, 0.4) is 0 Å². The highest BCUT2D eigenvalue weighted by Crippen LogP contribution is 2.62. The quantitative estimate of drug-likeness (QED) is 0.667. The van der Waals surface area contributed by atoms with Gasteiger partial charge in [0.15, 0.2) is 0 Å². The number of fused-ring (bicyclic) bond motifs is 3. The molecule has 3 heterocycles. The van der Waals surface area contributed by atoms with Crippen molar-refractivity contribution in [3.63, 3.8) is 0 Å². The molecule has 33 heavy (non-hydrogen) atoms. The van der Waals surface area contributed by atoms with Crippen molar-refractivity contribution in [2.24, 2.45) is 17.8 Å². The Balaban J connectivity index is 1.64. The van der Waals surface area contributed by atoms with Gasteiger partial charge >= 0.3 is 0 Å². The molecule has 1 aliphatic carbocycles. The summed E-state index contributed by atoms with van der Waals surface area (Å²) in [5, 5.41) is 6.47. The molecule has 4 aliphatic rings. The van der Waals surface area contributed by atoms with Crippen molar-refractivity contribution < 1.29 is 14.0 Å². The van der Waals surface area contributed by atoms with Gasteiger partial charge in [0, 0.05) is 41.3 Å². The number of amides is 2. The van der Waals surface area contributed by atoms with E-state index in [-0.39, 0.29) is 22.9 Å². The minimum absolute atomic E-state index is 0.0144. The lowest BCUT2D eigenvalue weighted by Gasteiger charge is -2.40. The SMILES string of the molecule is CC1CC1CN1[C@H]2CCNC(=O)[C@H]2[C@H](c2cccc(Cl)c2F)[C@]12C(=O)Nc1cc(Cl)ccc12. The maximum atomic E-state index is 15.6. The van der Waals surface area contributed by atoms with E-state index in [1.807, 2.05) is 6.07 Å². The Morgan fingerprint density at radius 2 is 2.00 bits per heavy atom. The Morgan fingerprint density at radius 3 is 2.76 bits per heavy atom. The monoisotopic (exact) mass is 487 g/mol. The fourth-order valence-corrected chi connectivity index (χ4v) is 6.84. The molecule has 0 radical (unpaired) electrons. The number of carbonyl (C=O) groups is 2. The number of halogens is 3. The van der Waals surface area contributed by atoms with E-state index in [4.69, 9.17) is 23.2 Å². The molecule has 6 atom stereocenters. The number of nitrogens with one attached hydrogen (secondary N) is 2. The van der Waals surface area contributed by atoms with Crippen molar-refractivity contribution in [3.05, 3.63) is 63.4 Å². The third kappa shape index (κ3) is 2.93. The van der Waals surface area contributed by atoms with Crippen LogP contribution in [-0.2, 0) is 15.1 Å². The van der Waals surface area contributed by atoms with Crippen molar-refractivity contribution >= 4 is 40.7 Å². The summed E-state index contributed by atoms with van der Waals surface area (Å²) in [4.78, 5) is 29.6. The lowest BCUT2D eigenvalue weighted by atomic mass is 9.70. The first-order valence-electron chi connectivity index (χ1n) is 11.4. The van der Waals surface area contributed by atoms with Crippen molar-refractivity contribution in [3.8, 4) is 0 Å². The van der Waals surface area contributed by atoms with Crippen LogP contribution in [-0.4, -0.2) is 35.8 Å². The van der Waals surface area contributed by atoms with Crippen LogP contribution in [0, 0.1) is 23.6 Å². The zero-order chi connectivity index (χ0) is 23.1. The molecule has 1 saturated carbocycles. The standard InChI is InChI=1S/C25H24Cl2FN3O2/c1-12-9-13(12)11-31-19-7-8-29-23(32)20(19)21(15-3-2-4-17(27)22(15)28)25(31)16-6-5-14(26)10-18(16)30-24(25)33/h2-6,10,12-13,19-21H,7-9,11H2,1H3,(H,29,32)(H,30,33)/t12?,13?,19-,20+,21-,25+/m0/s1. The molecule has 8 heteroatoms. The van der Waals surface area contributed by atoms with Gasteiger partial charge in [0.25, 0.3) is 0 Å². The lowest BCUT2D eigenvalue weighted by Crippen LogP contribution is -2.53. The average molecular weight is 488 g/mol. The largest absolute Gasteiger partial charge is 0.356 e. The number of benzene rings is 2. The number of rotatable bonds is 3. The molecule has 2 amide bonds. The zero-order valence-corrected chi connectivity index (χ0v) is 19.6. The maximum Gasteiger partial charge on any atom is 0.250 e. The molecule has 2 N–H and O–H groups in total. The van der Waals surface area contributed by atoms with Crippen LogP contribution in [0.15, 0.2) is 36.4 Å². The Morgan fingerprint density at radius 1 is 1.21 bits per heavy atom. The van der Waals surface area contributed by atoms with Crippen LogP contribution in [0.1, 0.15) is 36.8 Å². The predicted octanol–water partition coefficient (Wildman–Crippen LogP) is 4.54. The molecular weight excluding hydrogens is 464 g/mol. The molecule has 1 spiro atoms. The number of anilines is 1. The minimum atomic E-state index is -1.22. The maximum absolute atomic E-state index is 15.6. The van der Waals surface area contributed by atoms with E-state index in [0.717, 1.165) is 12.0 Å². The Kier molecular flexibility index (Phi) is 4.81. The van der Waals surface area contributed by atoms with Crippen molar-refractivity contribution in [1.82, 2.24) is 10.2 Å². The highest BCUT2D eigenvalue weighted by molar-refractivity contribution is 6.31. The number of nitrogens with zero attached hydrogens (tertiary/aromatic N) is 1. The van der Waals surface area contributed by atoms with Gasteiger partial charge in [-0.1, -0.05) is 48.3 Å². The number of hydrogen-bond donors (Lipinski definition) is 2. The Hall–Kier alpha value is -2.15. The topological polar surface area (TPSA) is 61.4 Å². The third-order valence-electron chi connectivity index (χ3n) is 8.13. The third-order valence-corrected chi connectivity index (χ3v) is 8.66. The van der Waals surface area contributed by atoms with Crippen LogP contribution in [0.25, 0.3) is 0 Å². The van der Waals surface area contributed by atoms with Gasteiger partial charge in [-0.25, -0.2) is 4.39 Å². The van der Waals surface area contributed by atoms with Crippen LogP contribution >= 0.6 is 23.2 Å². The molecular formula is C25H24Cl2FN3O2. The van der Waals surface area contributed by atoms with Gasteiger partial charge in [-0.05, 0) is 48.4 Å². The Bertz CT molecular complexity index is 1190. The van der Waals surface area contributed by atoms with Crippen molar-refractivity contribution in [2.75, 3.05) is 18.4 Å². The molecule has 2 aromatic rings. The molecule has 2 aromatic carbocycles. The fraction of sp³-hybridized carbons (Fsp3) is 0.440. The molecule has 3 fully saturated rings. The van der Waals surface area contributed by atoms with Gasteiger partial charge in [-0.3, -0.25) is 14.5 Å². The molecule has 6 rings (SSSR count). The molecule has 2 saturated heterocycles. The summed E-state index contributed by atoms with van der Waals surface area (Å²) < 4.78 is 15.6. The van der Waals surface area contributed by atoms with Gasteiger partial charge in [-0.2, -0.15) is 0 Å². The average Bonchev–Trinajstić information content (AvgIpc) is 3.29. The lowest BCUT2D eigenvalue weighted by molar-refractivity contribution is -0.128. The van der Waals surface area contributed by atoms with Crippen LogP contribution in [0.2, 0.25) is 10.0 Å². The van der Waals surface area contributed by atoms with E-state index in [1.54, 1.807) is 24.3 Å². The Labute approximate surface area is 201 Å². The summed E-state index contributed by atoms with van der Waals surface area (Å²) in [6.07, 6.45) is 1.79. The van der Waals surface area contributed by atoms with Crippen molar-refractivity contribution in [1.29, 1.82) is 0 Å². The summed E-state index contributed by atoms with van der Waals surface area (Å²) in [5.74, 6) is -1.24. The van der Waals surface area contributed by atoms with Gasteiger partial charge in [-0.15, -0.1) is 0 Å². The van der Waals surface area contributed by atoms with E-state index >= 15 is 4.39 Å². The summed E-state index contributed by atoms with van der Waals surface area (Å²) >= 11 is 12.5. The van der Waals surface area contributed by atoms with E-state index < -0.39 is 23.2 Å². The highest BCUT2D eigenvalue weighted by atomic mass is 35.5. The van der Waals surface area contributed by atoms with E-state index in [0.29, 0.717) is 47.6 Å². The van der Waals surface area contributed by atoms with Gasteiger partial charge < -0.3 is 10.6 Å². The second-order valence-corrected chi connectivity index (χ2v) is 10.7. The van der Waals surface area contributed by atoms with Crippen LogP contribution in [0.5, 0.6) is 0 Å². The fourth-order valence-electron chi connectivity index (χ4n) is 6.49. The van der Waals surface area contributed by atoms with Gasteiger partial charge in [0.05, 0.1) is 10.9 Å². The number of carbonyl (C=O) groups excluding carboxylic acids is 2. The zero-order valence-electron chi connectivity index (χ0n) is 18.1. The van der Waals surface area contributed by atoms with E-state index in [2.05, 4.69) is 22.5 Å². The highest BCUT2D eigenvalue weighted by Gasteiger charge is 2.69. The molecule has 2 unspecified atom stereocenters. The van der Waals surface area contributed by atoms with Crippen molar-refractivity contribution in [2.45, 2.75) is 37.3 Å². The van der Waals surface area contributed by atoms with E-state index in [1.165, 1.54) is 6.07 Å². The van der Waals surface area contributed by atoms with Crippen LogP contribution in [0.4, 0.5) is 10.1 Å². The second kappa shape index (κ2) is 7.42. The first-order chi connectivity index (χ1) is 15.8. The van der Waals surface area contributed by atoms with E-state index in [9.17, 15) is 9.59 Å². The first kappa shape index (κ1) is 21.4. The summed E-state index contributed by atoms with van der Waals surface area (Å²) in [6, 6.07) is 10.0. The summed E-state index contributed by atoms with van der Waals surface area (Å²) in [7, 11) is 0. The van der Waals surface area contributed by atoms with Crippen LogP contribution < -0.4 is 10.6 Å². The molecule has 5 nitrogen and oxygen atoms in total. The number of hydrogen-bond acceptors (Lipinski definition) is 3. The first-order valence-corrected chi connectivity index (χ1v) is 12.2.